The zero-order valence-electron chi connectivity index (χ0n) is 23.4. The predicted octanol–water partition coefficient (Wildman–Crippen LogP) is 5.52. The van der Waals surface area contributed by atoms with Gasteiger partial charge < -0.3 is 19.4 Å². The summed E-state index contributed by atoms with van der Waals surface area (Å²) in [5.74, 6) is 2.67. The number of likely N-dealkylation sites (tertiary alicyclic amines) is 1. The third-order valence-corrected chi connectivity index (χ3v) is 9.23. The Bertz CT molecular complexity index is 1830. The Balaban J connectivity index is 0.00000141. The van der Waals surface area contributed by atoms with Crippen LogP contribution in [0.2, 0.25) is 0 Å². The number of methoxy groups -OCH3 is 1. The number of unbranched alkanes of at least 4 members (excludes halogenated alkanes) is 1. The van der Waals surface area contributed by atoms with Gasteiger partial charge in [0.15, 0.2) is 0 Å². The summed E-state index contributed by atoms with van der Waals surface area (Å²) in [6.45, 7) is 3.96. The second kappa shape index (κ2) is 13.7. The average molecular weight is 665 g/mol. The standard InChI is InChI=1S/C30H29N5O4S.3ClH/c1-38-22-7-4-8-23-25(22)20-16-34(15-19(20)17-39-23)12-2-3-13-35-29(36)28-27(33-30(35)37)26-24(40-28)10-9-21(32-26)18-6-5-11-31-14-18;;;/h4-11,14,19-20H,2-3,12-13,15-17H2,1H3,(H,33,37);3*1H/t19-,20+;;;/m0.../s1. The number of fused-ring (bicyclic) bond motifs is 6. The van der Waals surface area contributed by atoms with Crippen molar-refractivity contribution in [1.82, 2.24) is 24.4 Å². The first-order valence-corrected chi connectivity index (χ1v) is 14.4. The number of rotatable bonds is 7. The molecule has 1 saturated heterocycles. The number of thiophene rings is 1. The molecule has 2 aliphatic heterocycles. The largest absolute Gasteiger partial charge is 0.496 e. The highest BCUT2D eigenvalue weighted by atomic mass is 35.5. The highest BCUT2D eigenvalue weighted by molar-refractivity contribution is 7.25. The van der Waals surface area contributed by atoms with Gasteiger partial charge in [0, 0.05) is 55.0 Å². The summed E-state index contributed by atoms with van der Waals surface area (Å²) in [5.41, 5.74) is 3.32. The molecule has 0 amide bonds. The van der Waals surface area contributed by atoms with Crippen molar-refractivity contribution in [3.05, 3.63) is 81.3 Å². The molecule has 0 radical (unpaired) electrons. The second-order valence-corrected chi connectivity index (χ2v) is 11.5. The van der Waals surface area contributed by atoms with Crippen molar-refractivity contribution in [1.29, 1.82) is 0 Å². The Labute approximate surface area is 270 Å². The lowest BCUT2D eigenvalue weighted by molar-refractivity contribution is 0.209. The van der Waals surface area contributed by atoms with E-state index in [0.29, 0.717) is 34.1 Å². The molecule has 0 bridgehead atoms. The van der Waals surface area contributed by atoms with E-state index in [-0.39, 0.29) is 48.5 Å². The minimum absolute atomic E-state index is 0. The van der Waals surface area contributed by atoms with E-state index in [1.807, 2.05) is 42.5 Å². The molecule has 0 unspecified atom stereocenters. The van der Waals surface area contributed by atoms with E-state index in [2.05, 4.69) is 14.9 Å². The third-order valence-electron chi connectivity index (χ3n) is 8.10. The molecule has 9 nitrogen and oxygen atoms in total. The molecule has 1 fully saturated rings. The molecular weight excluding hydrogens is 633 g/mol. The van der Waals surface area contributed by atoms with Crippen molar-refractivity contribution in [2.24, 2.45) is 5.92 Å². The topological polar surface area (TPSA) is 102 Å². The fourth-order valence-electron chi connectivity index (χ4n) is 6.14. The molecule has 7 rings (SSSR count). The lowest BCUT2D eigenvalue weighted by atomic mass is 9.86. The van der Waals surface area contributed by atoms with E-state index in [1.54, 1.807) is 19.5 Å². The second-order valence-electron chi connectivity index (χ2n) is 10.5. The zero-order chi connectivity index (χ0) is 27.2. The number of benzene rings is 1. The highest BCUT2D eigenvalue weighted by Gasteiger charge is 2.40. The van der Waals surface area contributed by atoms with Gasteiger partial charge >= 0.3 is 5.69 Å². The van der Waals surface area contributed by atoms with E-state index in [1.165, 1.54) is 21.5 Å². The van der Waals surface area contributed by atoms with Crippen LogP contribution in [0.15, 0.2) is 64.4 Å². The number of nitrogens with one attached hydrogen (secondary N) is 1. The molecule has 6 heterocycles. The number of ether oxygens (including phenoxy) is 2. The summed E-state index contributed by atoms with van der Waals surface area (Å²) in [7, 11) is 1.71. The summed E-state index contributed by atoms with van der Waals surface area (Å²) in [6.07, 6.45) is 5.10. The third kappa shape index (κ3) is 5.99. The number of hydrogen-bond donors (Lipinski definition) is 1. The normalized spacial score (nSPS) is 17.2. The van der Waals surface area contributed by atoms with Crippen LogP contribution in [0, 0.1) is 5.92 Å². The van der Waals surface area contributed by atoms with Gasteiger partial charge in [-0.2, -0.15) is 0 Å². The number of aromatic amines is 1. The lowest BCUT2D eigenvalue weighted by Gasteiger charge is -2.29. The van der Waals surface area contributed by atoms with Gasteiger partial charge in [0.1, 0.15) is 21.7 Å². The molecular formula is C30H32Cl3N5O4S. The molecule has 13 heteroatoms. The minimum atomic E-state index is -0.390. The molecule has 5 aromatic rings. The first kappa shape index (κ1) is 32.8. The smallest absolute Gasteiger partial charge is 0.328 e. The highest BCUT2D eigenvalue weighted by Crippen LogP contribution is 2.46. The number of pyridine rings is 2. The summed E-state index contributed by atoms with van der Waals surface area (Å²) >= 11 is 1.37. The summed E-state index contributed by atoms with van der Waals surface area (Å²) in [6, 6.07) is 13.7. The SMILES string of the molecule is COc1cccc2c1[C@@H]1CN(CCCCn3c(=O)[nH]c4c(sc5ccc(-c6cccnc6)nc54)c3=O)C[C@H]1CO2.Cl.Cl.Cl. The van der Waals surface area contributed by atoms with Crippen LogP contribution < -0.4 is 20.7 Å². The molecule has 2 atom stereocenters. The van der Waals surface area contributed by atoms with Crippen molar-refractivity contribution in [2.45, 2.75) is 25.3 Å². The number of aromatic nitrogens is 4. The van der Waals surface area contributed by atoms with E-state index in [9.17, 15) is 9.59 Å². The van der Waals surface area contributed by atoms with Crippen molar-refractivity contribution >= 4 is 69.0 Å². The monoisotopic (exact) mass is 663 g/mol. The zero-order valence-corrected chi connectivity index (χ0v) is 26.6. The molecule has 228 valence electrons. The van der Waals surface area contributed by atoms with Crippen LogP contribution >= 0.6 is 48.6 Å². The number of H-pyrrole nitrogens is 1. The van der Waals surface area contributed by atoms with Crippen LogP contribution in [0.3, 0.4) is 0 Å². The van der Waals surface area contributed by atoms with Gasteiger partial charge in [-0.15, -0.1) is 48.6 Å². The van der Waals surface area contributed by atoms with Crippen LogP contribution in [0.4, 0.5) is 0 Å². The van der Waals surface area contributed by atoms with Crippen LogP contribution in [-0.2, 0) is 6.54 Å². The molecule has 43 heavy (non-hydrogen) atoms. The molecule has 0 aliphatic carbocycles. The maximum absolute atomic E-state index is 13.4. The Morgan fingerprint density at radius 3 is 2.67 bits per heavy atom. The van der Waals surface area contributed by atoms with Crippen molar-refractivity contribution < 1.29 is 9.47 Å². The Kier molecular flexibility index (Phi) is 10.4. The van der Waals surface area contributed by atoms with Gasteiger partial charge in [0.2, 0.25) is 0 Å². The van der Waals surface area contributed by atoms with Gasteiger partial charge in [-0.3, -0.25) is 14.3 Å². The number of halogens is 3. The molecule has 2 aliphatic rings. The van der Waals surface area contributed by atoms with Gasteiger partial charge in [-0.25, -0.2) is 9.78 Å². The van der Waals surface area contributed by atoms with E-state index < -0.39 is 0 Å². The van der Waals surface area contributed by atoms with Crippen LogP contribution in [-0.4, -0.2) is 57.8 Å². The molecule has 0 saturated carbocycles. The Morgan fingerprint density at radius 1 is 1.05 bits per heavy atom. The van der Waals surface area contributed by atoms with E-state index >= 15 is 0 Å². The number of nitrogens with zero attached hydrogens (tertiary/aromatic N) is 4. The van der Waals surface area contributed by atoms with Gasteiger partial charge in [-0.05, 0) is 55.8 Å². The van der Waals surface area contributed by atoms with Gasteiger partial charge in [0.25, 0.3) is 5.56 Å². The van der Waals surface area contributed by atoms with Crippen molar-refractivity contribution in [3.8, 4) is 22.8 Å². The van der Waals surface area contributed by atoms with E-state index in [0.717, 1.165) is 66.5 Å². The lowest BCUT2D eigenvalue weighted by Crippen LogP contribution is -2.34. The van der Waals surface area contributed by atoms with Crippen molar-refractivity contribution in [3.63, 3.8) is 0 Å². The Hall–Kier alpha value is -3.15. The minimum Gasteiger partial charge on any atom is -0.496 e. The average Bonchev–Trinajstić information content (AvgIpc) is 3.58. The van der Waals surface area contributed by atoms with Crippen LogP contribution in [0.1, 0.15) is 24.3 Å². The van der Waals surface area contributed by atoms with Gasteiger partial charge in [-0.1, -0.05) is 6.07 Å². The first-order valence-electron chi connectivity index (χ1n) is 13.6. The maximum Gasteiger partial charge on any atom is 0.328 e. The molecule has 1 N–H and O–H groups in total. The maximum atomic E-state index is 13.4. The van der Waals surface area contributed by atoms with E-state index in [4.69, 9.17) is 14.5 Å². The predicted molar refractivity (Wildman–Crippen MR) is 177 cm³/mol. The quantitative estimate of drug-likeness (QED) is 0.229. The van der Waals surface area contributed by atoms with Crippen molar-refractivity contribution in [2.75, 3.05) is 33.4 Å². The number of hydrogen-bond acceptors (Lipinski definition) is 8. The molecule has 4 aromatic heterocycles. The summed E-state index contributed by atoms with van der Waals surface area (Å²) in [5, 5.41) is 0. The van der Waals surface area contributed by atoms with Crippen LogP contribution in [0.5, 0.6) is 11.5 Å². The van der Waals surface area contributed by atoms with Gasteiger partial charge in [0.05, 0.1) is 29.6 Å². The summed E-state index contributed by atoms with van der Waals surface area (Å²) in [4.78, 5) is 40.7. The molecule has 1 aromatic carbocycles. The fourth-order valence-corrected chi connectivity index (χ4v) is 7.19. The Morgan fingerprint density at radius 2 is 1.88 bits per heavy atom. The molecule has 0 spiro atoms. The summed E-state index contributed by atoms with van der Waals surface area (Å²) < 4.78 is 14.4. The fraction of sp³-hybridized carbons (Fsp3) is 0.333. The first-order chi connectivity index (χ1) is 19.6. The van der Waals surface area contributed by atoms with Crippen LogP contribution in [0.25, 0.3) is 31.7 Å².